The molecule has 1 amide bonds. The second-order valence-corrected chi connectivity index (χ2v) is 10.7. The van der Waals surface area contributed by atoms with Crippen molar-refractivity contribution in [1.29, 1.82) is 0 Å². The first-order chi connectivity index (χ1) is 14.2. The summed E-state index contributed by atoms with van der Waals surface area (Å²) in [5.41, 5.74) is 1.37. The van der Waals surface area contributed by atoms with Gasteiger partial charge in [-0.2, -0.15) is 4.31 Å². The number of amides is 1. The highest BCUT2D eigenvalue weighted by atomic mass is 32.2. The van der Waals surface area contributed by atoms with E-state index >= 15 is 0 Å². The predicted molar refractivity (Wildman–Crippen MR) is 117 cm³/mol. The molecule has 0 aromatic heterocycles. The lowest BCUT2D eigenvalue weighted by molar-refractivity contribution is 0.0730. The van der Waals surface area contributed by atoms with Gasteiger partial charge in [-0.1, -0.05) is 57.2 Å². The zero-order valence-electron chi connectivity index (χ0n) is 17.8. The van der Waals surface area contributed by atoms with Crippen molar-refractivity contribution in [2.24, 2.45) is 5.41 Å². The van der Waals surface area contributed by atoms with Gasteiger partial charge in [0.05, 0.1) is 24.2 Å². The van der Waals surface area contributed by atoms with E-state index in [-0.39, 0.29) is 22.3 Å². The minimum Gasteiger partial charge on any atom is -0.379 e. The number of nitrogens with zero attached hydrogens (tertiary/aromatic N) is 1. The SMILES string of the molecule is CC(C)(C)CC(NC(=O)c1cccc(S(=O)(=O)N2CCOCC2)c1)c1ccccc1. The quantitative estimate of drug-likeness (QED) is 0.760. The number of morpholine rings is 1. The molecular formula is C23H30N2O4S. The summed E-state index contributed by atoms with van der Waals surface area (Å²) in [7, 11) is -3.65. The number of ether oxygens (including phenoxy) is 1. The van der Waals surface area contributed by atoms with Gasteiger partial charge in [0.25, 0.3) is 5.91 Å². The fourth-order valence-electron chi connectivity index (χ4n) is 3.53. The van der Waals surface area contributed by atoms with Gasteiger partial charge in [-0.05, 0) is 35.6 Å². The molecule has 6 nitrogen and oxygen atoms in total. The maximum absolute atomic E-state index is 13.0. The molecule has 1 heterocycles. The van der Waals surface area contributed by atoms with E-state index in [9.17, 15) is 13.2 Å². The van der Waals surface area contributed by atoms with Gasteiger partial charge in [0, 0.05) is 18.7 Å². The summed E-state index contributed by atoms with van der Waals surface area (Å²) in [4.78, 5) is 13.2. The summed E-state index contributed by atoms with van der Waals surface area (Å²) in [6, 6.07) is 15.9. The van der Waals surface area contributed by atoms with Crippen LogP contribution in [0.25, 0.3) is 0 Å². The number of carbonyl (C=O) groups excluding carboxylic acids is 1. The first-order valence-electron chi connectivity index (χ1n) is 10.2. The van der Waals surface area contributed by atoms with Crippen molar-refractivity contribution in [3.05, 3.63) is 65.7 Å². The van der Waals surface area contributed by atoms with E-state index in [1.807, 2.05) is 30.3 Å². The average Bonchev–Trinajstić information content (AvgIpc) is 2.73. The summed E-state index contributed by atoms with van der Waals surface area (Å²) in [6.45, 7) is 7.79. The van der Waals surface area contributed by atoms with Crippen LogP contribution < -0.4 is 5.32 Å². The lowest BCUT2D eigenvalue weighted by atomic mass is 9.85. The van der Waals surface area contributed by atoms with Gasteiger partial charge in [0.2, 0.25) is 10.0 Å². The van der Waals surface area contributed by atoms with Crippen LogP contribution in [0.15, 0.2) is 59.5 Å². The molecule has 30 heavy (non-hydrogen) atoms. The molecule has 1 aliphatic rings. The van der Waals surface area contributed by atoms with E-state index in [0.717, 1.165) is 12.0 Å². The number of benzene rings is 2. The molecule has 1 saturated heterocycles. The van der Waals surface area contributed by atoms with Crippen LogP contribution in [-0.4, -0.2) is 44.9 Å². The Morgan fingerprint density at radius 3 is 2.37 bits per heavy atom. The van der Waals surface area contributed by atoms with Crippen LogP contribution in [0.5, 0.6) is 0 Å². The number of nitrogens with one attached hydrogen (secondary N) is 1. The maximum atomic E-state index is 13.0. The Balaban J connectivity index is 1.83. The van der Waals surface area contributed by atoms with Crippen molar-refractivity contribution in [3.8, 4) is 0 Å². The lowest BCUT2D eigenvalue weighted by Gasteiger charge is -2.27. The molecule has 1 unspecified atom stereocenters. The van der Waals surface area contributed by atoms with Gasteiger partial charge in [-0.15, -0.1) is 0 Å². The molecule has 1 aliphatic heterocycles. The first kappa shape index (κ1) is 22.5. The zero-order valence-corrected chi connectivity index (χ0v) is 18.6. The Hall–Kier alpha value is -2.22. The van der Waals surface area contributed by atoms with E-state index in [0.29, 0.717) is 31.9 Å². The summed E-state index contributed by atoms with van der Waals surface area (Å²) in [5.74, 6) is -0.285. The molecule has 1 N–H and O–H groups in total. The number of sulfonamides is 1. The molecule has 2 aromatic carbocycles. The van der Waals surface area contributed by atoms with Crippen molar-refractivity contribution < 1.29 is 17.9 Å². The Labute approximate surface area is 179 Å². The van der Waals surface area contributed by atoms with Crippen LogP contribution in [-0.2, 0) is 14.8 Å². The molecular weight excluding hydrogens is 400 g/mol. The first-order valence-corrected chi connectivity index (χ1v) is 11.6. The smallest absolute Gasteiger partial charge is 0.251 e. The third-order valence-corrected chi connectivity index (χ3v) is 6.92. The average molecular weight is 431 g/mol. The van der Waals surface area contributed by atoms with Gasteiger partial charge in [0.1, 0.15) is 0 Å². The highest BCUT2D eigenvalue weighted by Crippen LogP contribution is 2.30. The predicted octanol–water partition coefficient (Wildman–Crippen LogP) is 3.61. The Bertz CT molecular complexity index is 962. The van der Waals surface area contributed by atoms with Crippen LogP contribution in [0.1, 0.15) is 49.2 Å². The number of rotatable bonds is 6. The summed E-state index contributed by atoms with van der Waals surface area (Å²) >= 11 is 0. The maximum Gasteiger partial charge on any atom is 0.251 e. The largest absolute Gasteiger partial charge is 0.379 e. The summed E-state index contributed by atoms with van der Waals surface area (Å²) < 4.78 is 32.5. The third-order valence-electron chi connectivity index (χ3n) is 5.03. The fraction of sp³-hybridized carbons (Fsp3) is 0.435. The minimum atomic E-state index is -3.65. The van der Waals surface area contributed by atoms with Crippen molar-refractivity contribution in [2.45, 2.75) is 38.1 Å². The van der Waals surface area contributed by atoms with E-state index in [4.69, 9.17) is 4.74 Å². The standard InChI is InChI=1S/C23H30N2O4S/c1-23(2,3)17-21(18-8-5-4-6-9-18)24-22(26)19-10-7-11-20(16-19)30(27,28)25-12-14-29-15-13-25/h4-11,16,21H,12-15,17H2,1-3H3,(H,24,26). The third kappa shape index (κ3) is 5.68. The van der Waals surface area contributed by atoms with Crippen molar-refractivity contribution in [1.82, 2.24) is 9.62 Å². The molecule has 1 fully saturated rings. The molecule has 0 spiro atoms. The highest BCUT2D eigenvalue weighted by Gasteiger charge is 2.27. The molecule has 0 saturated carbocycles. The number of hydrogen-bond acceptors (Lipinski definition) is 4. The second kappa shape index (κ2) is 9.29. The summed E-state index contributed by atoms with van der Waals surface area (Å²) in [6.07, 6.45) is 0.758. The molecule has 162 valence electrons. The van der Waals surface area contributed by atoms with Crippen LogP contribution >= 0.6 is 0 Å². The van der Waals surface area contributed by atoms with Gasteiger partial charge < -0.3 is 10.1 Å². The Morgan fingerprint density at radius 2 is 1.73 bits per heavy atom. The molecule has 0 bridgehead atoms. The van der Waals surface area contributed by atoms with Crippen molar-refractivity contribution in [3.63, 3.8) is 0 Å². The summed E-state index contributed by atoms with van der Waals surface area (Å²) in [5, 5.41) is 3.10. The molecule has 7 heteroatoms. The topological polar surface area (TPSA) is 75.7 Å². The van der Waals surface area contributed by atoms with Gasteiger partial charge >= 0.3 is 0 Å². The second-order valence-electron chi connectivity index (χ2n) is 8.75. The molecule has 0 radical (unpaired) electrons. The molecule has 0 aliphatic carbocycles. The van der Waals surface area contributed by atoms with E-state index in [1.54, 1.807) is 12.1 Å². The number of carbonyl (C=O) groups is 1. The van der Waals surface area contributed by atoms with Crippen LogP contribution in [0.4, 0.5) is 0 Å². The molecule has 1 atom stereocenters. The molecule has 2 aromatic rings. The molecule has 3 rings (SSSR count). The monoisotopic (exact) mass is 430 g/mol. The van der Waals surface area contributed by atoms with E-state index < -0.39 is 10.0 Å². The van der Waals surface area contributed by atoms with Crippen LogP contribution in [0, 0.1) is 5.41 Å². The van der Waals surface area contributed by atoms with E-state index in [1.165, 1.54) is 16.4 Å². The van der Waals surface area contributed by atoms with Crippen LogP contribution in [0.3, 0.4) is 0 Å². The van der Waals surface area contributed by atoms with Gasteiger partial charge in [0.15, 0.2) is 0 Å². The Morgan fingerprint density at radius 1 is 1.07 bits per heavy atom. The number of hydrogen-bond donors (Lipinski definition) is 1. The van der Waals surface area contributed by atoms with Crippen LogP contribution in [0.2, 0.25) is 0 Å². The van der Waals surface area contributed by atoms with Crippen molar-refractivity contribution >= 4 is 15.9 Å². The Kier molecular flexibility index (Phi) is 6.95. The normalized spacial score (nSPS) is 16.8. The van der Waals surface area contributed by atoms with Gasteiger partial charge in [-0.25, -0.2) is 8.42 Å². The van der Waals surface area contributed by atoms with Crippen molar-refractivity contribution in [2.75, 3.05) is 26.3 Å². The van der Waals surface area contributed by atoms with E-state index in [2.05, 4.69) is 26.1 Å². The lowest BCUT2D eigenvalue weighted by Crippen LogP contribution is -2.40. The minimum absolute atomic E-state index is 0.00923. The zero-order chi connectivity index (χ0) is 21.8. The fourth-order valence-corrected chi connectivity index (χ4v) is 4.98. The van der Waals surface area contributed by atoms with Gasteiger partial charge in [-0.3, -0.25) is 4.79 Å². The highest BCUT2D eigenvalue weighted by molar-refractivity contribution is 7.89.